The minimum absolute atomic E-state index is 0.242. The maximum Gasteiger partial charge on any atom is 0.303 e. The molecule has 1 heterocycles. The van der Waals surface area contributed by atoms with Crippen LogP contribution in [0.5, 0.6) is 0 Å². The summed E-state index contributed by atoms with van der Waals surface area (Å²) in [5.41, 5.74) is 0.864. The number of nitrogens with zero attached hydrogens (tertiary/aromatic N) is 1. The van der Waals surface area contributed by atoms with Crippen LogP contribution < -0.4 is 5.32 Å². The highest BCUT2D eigenvalue weighted by Crippen LogP contribution is 1.95. The highest BCUT2D eigenvalue weighted by atomic mass is 16.5. The zero-order chi connectivity index (χ0) is 10.2. The molecular formula is C9H14N2O3. The predicted octanol–water partition coefficient (Wildman–Crippen LogP) is 1.02. The van der Waals surface area contributed by atoms with Crippen LogP contribution in [0.2, 0.25) is 0 Å². The fourth-order valence-corrected chi connectivity index (χ4v) is 1.07. The minimum Gasteiger partial charge on any atom is -0.481 e. The van der Waals surface area contributed by atoms with Gasteiger partial charge in [-0.3, -0.25) is 4.79 Å². The molecule has 5 nitrogen and oxygen atoms in total. The lowest BCUT2D eigenvalue weighted by atomic mass is 10.2. The Morgan fingerprint density at radius 2 is 2.43 bits per heavy atom. The molecule has 5 heteroatoms. The predicted molar refractivity (Wildman–Crippen MR) is 49.7 cm³/mol. The normalized spacial score (nSPS) is 10.3. The monoisotopic (exact) mass is 198 g/mol. The van der Waals surface area contributed by atoms with E-state index in [4.69, 9.17) is 5.11 Å². The van der Waals surface area contributed by atoms with Crippen molar-refractivity contribution in [3.05, 3.63) is 18.0 Å². The quantitative estimate of drug-likeness (QED) is 0.640. The maximum atomic E-state index is 10.2. The van der Waals surface area contributed by atoms with E-state index in [9.17, 15) is 4.79 Å². The summed E-state index contributed by atoms with van der Waals surface area (Å²) in [6, 6.07) is 1.80. The molecule has 0 aromatic carbocycles. The molecule has 0 amide bonds. The van der Waals surface area contributed by atoms with Crippen molar-refractivity contribution in [3.63, 3.8) is 0 Å². The smallest absolute Gasteiger partial charge is 0.303 e. The van der Waals surface area contributed by atoms with Gasteiger partial charge in [0.25, 0.3) is 0 Å². The lowest BCUT2D eigenvalue weighted by Gasteiger charge is -2.00. The molecule has 0 bridgehead atoms. The molecule has 1 rings (SSSR count). The first-order valence-electron chi connectivity index (χ1n) is 4.61. The second-order valence-corrected chi connectivity index (χ2v) is 3.02. The van der Waals surface area contributed by atoms with Crippen LogP contribution >= 0.6 is 0 Å². The highest BCUT2D eigenvalue weighted by Gasteiger charge is 1.97. The zero-order valence-electron chi connectivity index (χ0n) is 7.90. The summed E-state index contributed by atoms with van der Waals surface area (Å²) in [6.45, 7) is 1.48. The number of carboxylic acid groups (broad SMARTS) is 1. The van der Waals surface area contributed by atoms with E-state index in [0.29, 0.717) is 13.0 Å². The Morgan fingerprint density at radius 3 is 3.07 bits per heavy atom. The summed E-state index contributed by atoms with van der Waals surface area (Å²) >= 11 is 0. The van der Waals surface area contributed by atoms with E-state index >= 15 is 0 Å². The van der Waals surface area contributed by atoms with Gasteiger partial charge < -0.3 is 14.9 Å². The summed E-state index contributed by atoms with van der Waals surface area (Å²) in [5.74, 6) is -0.735. The molecule has 0 aliphatic rings. The Morgan fingerprint density at radius 1 is 1.57 bits per heavy atom. The van der Waals surface area contributed by atoms with E-state index in [-0.39, 0.29) is 6.42 Å². The average molecular weight is 198 g/mol. The van der Waals surface area contributed by atoms with Crippen LogP contribution in [0.15, 0.2) is 16.9 Å². The Labute approximate surface area is 82.1 Å². The Balaban J connectivity index is 1.92. The molecule has 14 heavy (non-hydrogen) atoms. The summed E-state index contributed by atoms with van der Waals surface area (Å²) in [4.78, 5) is 10.2. The summed E-state index contributed by atoms with van der Waals surface area (Å²) in [6.07, 6.45) is 3.35. The standard InChI is InChI=1S/C9H14N2O3/c12-9(13)3-1-2-5-10-7-8-4-6-14-11-8/h4,6,10H,1-3,5,7H2,(H,12,13). The van der Waals surface area contributed by atoms with E-state index in [1.165, 1.54) is 6.26 Å². The third-order valence-electron chi connectivity index (χ3n) is 1.79. The van der Waals surface area contributed by atoms with Crippen molar-refractivity contribution in [2.45, 2.75) is 25.8 Å². The number of carbonyl (C=O) groups is 1. The van der Waals surface area contributed by atoms with Crippen LogP contribution in [0.25, 0.3) is 0 Å². The van der Waals surface area contributed by atoms with E-state index in [1.54, 1.807) is 6.07 Å². The second kappa shape index (κ2) is 6.15. The van der Waals surface area contributed by atoms with Crippen LogP contribution in [0.4, 0.5) is 0 Å². The van der Waals surface area contributed by atoms with Gasteiger partial charge in [-0.2, -0.15) is 0 Å². The molecule has 0 spiro atoms. The van der Waals surface area contributed by atoms with E-state index < -0.39 is 5.97 Å². The van der Waals surface area contributed by atoms with Gasteiger partial charge >= 0.3 is 5.97 Å². The largest absolute Gasteiger partial charge is 0.481 e. The number of nitrogens with one attached hydrogen (secondary N) is 1. The van der Waals surface area contributed by atoms with Gasteiger partial charge in [0.1, 0.15) is 6.26 Å². The molecule has 2 N–H and O–H groups in total. The number of rotatable bonds is 7. The van der Waals surface area contributed by atoms with Gasteiger partial charge in [0.05, 0.1) is 5.69 Å². The first-order valence-corrected chi connectivity index (χ1v) is 4.61. The lowest BCUT2D eigenvalue weighted by Crippen LogP contribution is -2.15. The lowest BCUT2D eigenvalue weighted by molar-refractivity contribution is -0.137. The highest BCUT2D eigenvalue weighted by molar-refractivity contribution is 5.66. The van der Waals surface area contributed by atoms with E-state index in [1.807, 2.05) is 0 Å². The number of hydrogen-bond donors (Lipinski definition) is 2. The van der Waals surface area contributed by atoms with Crippen LogP contribution in [0.1, 0.15) is 25.0 Å². The molecule has 78 valence electrons. The Bertz CT molecular complexity index is 259. The summed E-state index contributed by atoms with van der Waals surface area (Å²) < 4.78 is 4.66. The molecule has 0 saturated carbocycles. The molecule has 0 aliphatic carbocycles. The van der Waals surface area contributed by atoms with Crippen LogP contribution in [0.3, 0.4) is 0 Å². The maximum absolute atomic E-state index is 10.2. The van der Waals surface area contributed by atoms with Crippen LogP contribution in [-0.2, 0) is 11.3 Å². The molecular weight excluding hydrogens is 184 g/mol. The Kier molecular flexibility index (Phi) is 4.71. The van der Waals surface area contributed by atoms with E-state index in [0.717, 1.165) is 18.7 Å². The fraction of sp³-hybridized carbons (Fsp3) is 0.556. The van der Waals surface area contributed by atoms with Crippen molar-refractivity contribution in [1.82, 2.24) is 10.5 Å². The molecule has 0 aliphatic heterocycles. The zero-order valence-corrected chi connectivity index (χ0v) is 7.90. The molecule has 0 radical (unpaired) electrons. The molecule has 0 unspecified atom stereocenters. The van der Waals surface area contributed by atoms with Crippen molar-refractivity contribution in [3.8, 4) is 0 Å². The third-order valence-corrected chi connectivity index (χ3v) is 1.79. The fourth-order valence-electron chi connectivity index (χ4n) is 1.07. The average Bonchev–Trinajstić information content (AvgIpc) is 2.63. The van der Waals surface area contributed by atoms with Gasteiger partial charge in [-0.25, -0.2) is 0 Å². The van der Waals surface area contributed by atoms with Gasteiger partial charge in [0, 0.05) is 19.0 Å². The molecule has 1 aromatic rings. The number of hydrogen-bond acceptors (Lipinski definition) is 4. The SMILES string of the molecule is O=C(O)CCCCNCc1ccon1. The van der Waals surface area contributed by atoms with Gasteiger partial charge in [-0.1, -0.05) is 5.16 Å². The minimum atomic E-state index is -0.735. The topological polar surface area (TPSA) is 75.4 Å². The second-order valence-electron chi connectivity index (χ2n) is 3.02. The van der Waals surface area contributed by atoms with Crippen molar-refractivity contribution >= 4 is 5.97 Å². The van der Waals surface area contributed by atoms with Crippen molar-refractivity contribution in [2.24, 2.45) is 0 Å². The van der Waals surface area contributed by atoms with Crippen LogP contribution in [-0.4, -0.2) is 22.8 Å². The van der Waals surface area contributed by atoms with Crippen molar-refractivity contribution in [2.75, 3.05) is 6.54 Å². The van der Waals surface area contributed by atoms with Gasteiger partial charge in [-0.05, 0) is 19.4 Å². The van der Waals surface area contributed by atoms with Gasteiger partial charge in [0.15, 0.2) is 0 Å². The first-order chi connectivity index (χ1) is 6.79. The van der Waals surface area contributed by atoms with Crippen LogP contribution in [0, 0.1) is 0 Å². The number of unbranched alkanes of at least 4 members (excludes halogenated alkanes) is 1. The molecule has 0 atom stereocenters. The summed E-state index contributed by atoms with van der Waals surface area (Å²) in [5, 5.41) is 15.3. The van der Waals surface area contributed by atoms with Crippen molar-refractivity contribution < 1.29 is 14.4 Å². The van der Waals surface area contributed by atoms with E-state index in [2.05, 4.69) is 15.0 Å². The summed E-state index contributed by atoms with van der Waals surface area (Å²) in [7, 11) is 0. The van der Waals surface area contributed by atoms with Gasteiger partial charge in [-0.15, -0.1) is 0 Å². The third kappa shape index (κ3) is 4.61. The Hall–Kier alpha value is -1.36. The van der Waals surface area contributed by atoms with Gasteiger partial charge in [0.2, 0.25) is 0 Å². The number of carboxylic acids is 1. The first kappa shape index (κ1) is 10.7. The molecule has 1 aromatic heterocycles. The number of aromatic nitrogens is 1. The number of aliphatic carboxylic acids is 1. The molecule has 0 fully saturated rings. The molecule has 0 saturated heterocycles. The van der Waals surface area contributed by atoms with Crippen molar-refractivity contribution in [1.29, 1.82) is 0 Å².